The summed E-state index contributed by atoms with van der Waals surface area (Å²) in [4.78, 5) is 35.1. The maximum Gasteiger partial charge on any atom is 0.240 e. The molecule has 6 heteroatoms. The van der Waals surface area contributed by atoms with Crippen LogP contribution < -0.4 is 5.32 Å². The Morgan fingerprint density at radius 1 is 1.21 bits per heavy atom. The first-order chi connectivity index (χ1) is 9.08. The van der Waals surface area contributed by atoms with Crippen LogP contribution in [0.4, 0.5) is 4.39 Å². The Morgan fingerprint density at radius 3 is 2.47 bits per heavy atom. The Bertz CT molecular complexity index is 514. The van der Waals surface area contributed by atoms with Crippen LogP contribution >= 0.6 is 0 Å². The zero-order valence-electron chi connectivity index (χ0n) is 10.2. The number of carbonyl (C=O) groups excluding carboxylic acids is 3. The molecule has 1 aliphatic heterocycles. The molecule has 5 nitrogen and oxygen atoms in total. The van der Waals surface area contributed by atoms with Gasteiger partial charge >= 0.3 is 0 Å². The number of amides is 3. The zero-order valence-corrected chi connectivity index (χ0v) is 10.2. The van der Waals surface area contributed by atoms with Gasteiger partial charge in [-0.15, -0.1) is 0 Å². The van der Waals surface area contributed by atoms with Crippen molar-refractivity contribution in [2.75, 3.05) is 6.54 Å². The van der Waals surface area contributed by atoms with Gasteiger partial charge in [0, 0.05) is 24.9 Å². The van der Waals surface area contributed by atoms with E-state index in [-0.39, 0.29) is 37.7 Å². The van der Waals surface area contributed by atoms with E-state index >= 15 is 0 Å². The van der Waals surface area contributed by atoms with Gasteiger partial charge in [-0.1, -0.05) is 18.2 Å². The first-order valence-corrected chi connectivity index (χ1v) is 5.91. The lowest BCUT2D eigenvalue weighted by atomic mass is 10.2. The molecule has 3 amide bonds. The van der Waals surface area contributed by atoms with Crippen LogP contribution in [0.2, 0.25) is 0 Å². The molecule has 1 aromatic carbocycles. The van der Waals surface area contributed by atoms with Crippen LogP contribution in [-0.2, 0) is 20.9 Å². The van der Waals surface area contributed by atoms with E-state index < -0.39 is 11.7 Å². The normalized spacial score (nSPS) is 14.9. The quantitative estimate of drug-likeness (QED) is 0.809. The van der Waals surface area contributed by atoms with Crippen molar-refractivity contribution in [2.45, 2.75) is 19.4 Å². The molecule has 1 aromatic rings. The van der Waals surface area contributed by atoms with Gasteiger partial charge in [0.25, 0.3) is 0 Å². The van der Waals surface area contributed by atoms with Gasteiger partial charge in [0.05, 0.1) is 0 Å². The highest BCUT2D eigenvalue weighted by Crippen LogP contribution is 2.11. The molecule has 0 unspecified atom stereocenters. The predicted molar refractivity (Wildman–Crippen MR) is 64.2 cm³/mol. The topological polar surface area (TPSA) is 66.5 Å². The van der Waals surface area contributed by atoms with Gasteiger partial charge in [-0.05, 0) is 6.07 Å². The minimum absolute atomic E-state index is 0.0295. The Morgan fingerprint density at radius 2 is 1.84 bits per heavy atom. The fourth-order valence-corrected chi connectivity index (χ4v) is 1.83. The van der Waals surface area contributed by atoms with Crippen LogP contribution in [0, 0.1) is 5.82 Å². The smallest absolute Gasteiger partial charge is 0.240 e. The molecule has 2 rings (SSSR count). The highest BCUT2D eigenvalue weighted by Gasteiger charge is 2.30. The summed E-state index contributed by atoms with van der Waals surface area (Å²) < 4.78 is 13.3. The summed E-state index contributed by atoms with van der Waals surface area (Å²) >= 11 is 0. The number of likely N-dealkylation sites (tertiary alicyclic amines) is 1. The average Bonchev–Trinajstić information content (AvgIpc) is 2.70. The van der Waals surface area contributed by atoms with E-state index in [1.165, 1.54) is 6.07 Å². The van der Waals surface area contributed by atoms with Crippen LogP contribution in [0.5, 0.6) is 0 Å². The minimum Gasteiger partial charge on any atom is -0.350 e. The molecule has 1 saturated heterocycles. The lowest BCUT2D eigenvalue weighted by molar-refractivity contribution is -0.142. The Hall–Kier alpha value is -2.24. The van der Waals surface area contributed by atoms with Crippen molar-refractivity contribution in [3.63, 3.8) is 0 Å². The van der Waals surface area contributed by atoms with Gasteiger partial charge in [0.2, 0.25) is 17.7 Å². The molecule has 19 heavy (non-hydrogen) atoms. The van der Waals surface area contributed by atoms with Crippen molar-refractivity contribution in [3.8, 4) is 0 Å². The minimum atomic E-state index is -0.480. The van der Waals surface area contributed by atoms with Crippen LogP contribution in [0.15, 0.2) is 24.3 Å². The van der Waals surface area contributed by atoms with E-state index in [4.69, 9.17) is 0 Å². The summed E-state index contributed by atoms with van der Waals surface area (Å²) in [5.41, 5.74) is 0.356. The van der Waals surface area contributed by atoms with Gasteiger partial charge in [-0.3, -0.25) is 19.3 Å². The summed E-state index contributed by atoms with van der Waals surface area (Å²) in [6.07, 6.45) is 0.304. The molecule has 100 valence electrons. The predicted octanol–water partition coefficient (Wildman–Crippen LogP) is 0.591. The molecular weight excluding hydrogens is 251 g/mol. The molecule has 0 aromatic heterocycles. The number of rotatable bonds is 4. The number of imide groups is 1. The Balaban J connectivity index is 1.87. The van der Waals surface area contributed by atoms with Crippen LogP contribution in [0.25, 0.3) is 0 Å². The van der Waals surface area contributed by atoms with Gasteiger partial charge in [-0.25, -0.2) is 4.39 Å². The second kappa shape index (κ2) is 5.60. The number of nitrogens with zero attached hydrogens (tertiary/aromatic N) is 1. The summed E-state index contributed by atoms with van der Waals surface area (Å²) in [6, 6.07) is 6.08. The molecule has 1 heterocycles. The lowest BCUT2D eigenvalue weighted by Gasteiger charge is -2.13. The maximum absolute atomic E-state index is 13.3. The first kappa shape index (κ1) is 13.2. The van der Waals surface area contributed by atoms with E-state index in [0.717, 1.165) is 4.90 Å². The fraction of sp³-hybridized carbons (Fsp3) is 0.308. The molecule has 0 radical (unpaired) electrons. The fourth-order valence-electron chi connectivity index (χ4n) is 1.83. The molecule has 1 N–H and O–H groups in total. The highest BCUT2D eigenvalue weighted by atomic mass is 19.1. The second-order valence-electron chi connectivity index (χ2n) is 4.24. The average molecular weight is 264 g/mol. The number of hydrogen-bond acceptors (Lipinski definition) is 3. The standard InChI is InChI=1S/C13H13FN2O3/c14-10-4-2-1-3-9(10)7-15-11(17)8-16-12(18)5-6-13(16)19/h1-4H,5-8H2,(H,15,17). The van der Waals surface area contributed by atoms with E-state index in [9.17, 15) is 18.8 Å². The Labute approximate surface area is 109 Å². The lowest BCUT2D eigenvalue weighted by Crippen LogP contribution is -2.39. The third kappa shape index (κ3) is 3.15. The summed E-state index contributed by atoms with van der Waals surface area (Å²) in [5.74, 6) is -1.57. The summed E-state index contributed by atoms with van der Waals surface area (Å²) in [7, 11) is 0. The molecular formula is C13H13FN2O3. The molecule has 0 saturated carbocycles. The van der Waals surface area contributed by atoms with Crippen LogP contribution in [0.3, 0.4) is 0 Å². The third-order valence-electron chi connectivity index (χ3n) is 2.89. The largest absolute Gasteiger partial charge is 0.350 e. The van der Waals surface area contributed by atoms with Crippen molar-refractivity contribution in [3.05, 3.63) is 35.6 Å². The molecule has 0 aliphatic carbocycles. The van der Waals surface area contributed by atoms with Crippen molar-refractivity contribution >= 4 is 17.7 Å². The van der Waals surface area contributed by atoms with Gasteiger partial charge in [-0.2, -0.15) is 0 Å². The number of nitrogens with one attached hydrogen (secondary N) is 1. The third-order valence-corrected chi connectivity index (χ3v) is 2.89. The number of halogens is 1. The second-order valence-corrected chi connectivity index (χ2v) is 4.24. The van der Waals surface area contributed by atoms with Crippen molar-refractivity contribution < 1.29 is 18.8 Å². The number of carbonyl (C=O) groups is 3. The van der Waals surface area contributed by atoms with E-state index in [1.807, 2.05) is 0 Å². The number of hydrogen-bond donors (Lipinski definition) is 1. The molecule has 0 spiro atoms. The summed E-state index contributed by atoms with van der Waals surface area (Å²) in [5, 5.41) is 2.48. The first-order valence-electron chi connectivity index (χ1n) is 5.91. The van der Waals surface area contributed by atoms with Gasteiger partial charge in [0.15, 0.2) is 0 Å². The van der Waals surface area contributed by atoms with Crippen LogP contribution in [0.1, 0.15) is 18.4 Å². The zero-order chi connectivity index (χ0) is 13.8. The van der Waals surface area contributed by atoms with Crippen molar-refractivity contribution in [1.29, 1.82) is 0 Å². The van der Waals surface area contributed by atoms with E-state index in [1.54, 1.807) is 18.2 Å². The SMILES string of the molecule is O=C(CN1C(=O)CCC1=O)NCc1ccccc1F. The van der Waals surface area contributed by atoms with Gasteiger partial charge in [0.1, 0.15) is 12.4 Å². The molecule has 1 aliphatic rings. The van der Waals surface area contributed by atoms with Gasteiger partial charge < -0.3 is 5.32 Å². The molecule has 0 atom stereocenters. The Kier molecular flexibility index (Phi) is 3.89. The van der Waals surface area contributed by atoms with Crippen molar-refractivity contribution in [1.82, 2.24) is 10.2 Å². The van der Waals surface area contributed by atoms with Crippen molar-refractivity contribution in [2.24, 2.45) is 0 Å². The maximum atomic E-state index is 13.3. The number of benzene rings is 1. The highest BCUT2D eigenvalue weighted by molar-refractivity contribution is 6.04. The molecule has 1 fully saturated rings. The van der Waals surface area contributed by atoms with Crippen LogP contribution in [-0.4, -0.2) is 29.2 Å². The van der Waals surface area contributed by atoms with E-state index in [2.05, 4.69) is 5.32 Å². The summed E-state index contributed by atoms with van der Waals surface area (Å²) in [6.45, 7) is -0.270. The molecule has 0 bridgehead atoms. The van der Waals surface area contributed by atoms with E-state index in [0.29, 0.717) is 5.56 Å². The monoisotopic (exact) mass is 264 g/mol.